The van der Waals surface area contributed by atoms with Gasteiger partial charge in [-0.15, -0.1) is 21.5 Å². The monoisotopic (exact) mass is 487 g/mol. The Hall–Kier alpha value is -3.12. The lowest BCUT2D eigenvalue weighted by molar-refractivity contribution is 0.0946. The van der Waals surface area contributed by atoms with Crippen LogP contribution in [0.15, 0.2) is 30.0 Å². The molecule has 0 spiro atoms. The molecule has 0 saturated heterocycles. The Morgan fingerprint density at radius 2 is 2.12 bits per heavy atom. The first-order valence-electron chi connectivity index (χ1n) is 10.2. The first-order chi connectivity index (χ1) is 15.8. The summed E-state index contributed by atoms with van der Waals surface area (Å²) in [4.78, 5) is 21.4. The van der Waals surface area contributed by atoms with Crippen LogP contribution in [0.2, 0.25) is 0 Å². The number of hydrogen-bond donors (Lipinski definition) is 1. The van der Waals surface area contributed by atoms with Crippen molar-refractivity contribution in [1.82, 2.24) is 35.3 Å². The Morgan fingerprint density at radius 3 is 2.82 bits per heavy atom. The van der Waals surface area contributed by atoms with Gasteiger partial charge < -0.3 is 5.32 Å². The molecule has 33 heavy (non-hydrogen) atoms. The molecule has 1 aliphatic rings. The lowest BCUT2D eigenvalue weighted by Crippen LogP contribution is -2.39. The van der Waals surface area contributed by atoms with E-state index in [-0.39, 0.29) is 22.3 Å². The quantitative estimate of drug-likeness (QED) is 0.427. The normalized spacial score (nSPS) is 15.4. The maximum Gasteiger partial charge on any atom is 0.282 e. The summed E-state index contributed by atoms with van der Waals surface area (Å²) in [6.45, 7) is 2.27. The van der Waals surface area contributed by atoms with Gasteiger partial charge >= 0.3 is 0 Å². The highest BCUT2D eigenvalue weighted by Crippen LogP contribution is 2.42. The number of nitrogens with zero attached hydrogens (tertiary/aromatic N) is 6. The minimum Gasteiger partial charge on any atom is -0.349 e. The van der Waals surface area contributed by atoms with Crippen LogP contribution in [-0.4, -0.2) is 42.4 Å². The number of aryl methyl sites for hydroxylation is 1. The number of hydrogen-bond acceptors (Lipinski definition) is 8. The molecule has 0 bridgehead atoms. The van der Waals surface area contributed by atoms with E-state index in [9.17, 15) is 13.6 Å². The molecular weight excluding hydrogens is 468 g/mol. The van der Waals surface area contributed by atoms with Gasteiger partial charge in [0, 0.05) is 42.7 Å². The fraction of sp³-hybridized carbons (Fsp3) is 0.333. The van der Waals surface area contributed by atoms with Crippen LogP contribution in [0.3, 0.4) is 0 Å². The second-order valence-corrected chi connectivity index (χ2v) is 10.0. The van der Waals surface area contributed by atoms with Crippen LogP contribution in [-0.2, 0) is 12.5 Å². The molecule has 1 saturated carbocycles. The molecule has 1 atom stereocenters. The van der Waals surface area contributed by atoms with Crippen LogP contribution in [0.5, 0.6) is 0 Å². The number of aromatic nitrogens is 6. The molecule has 170 valence electrons. The number of amides is 1. The van der Waals surface area contributed by atoms with E-state index in [1.165, 1.54) is 0 Å². The Kier molecular flexibility index (Phi) is 5.49. The molecule has 5 rings (SSSR count). The van der Waals surface area contributed by atoms with Crippen molar-refractivity contribution < 1.29 is 13.6 Å². The van der Waals surface area contributed by atoms with E-state index in [4.69, 9.17) is 4.98 Å². The zero-order valence-electron chi connectivity index (χ0n) is 17.7. The zero-order valence-corrected chi connectivity index (χ0v) is 19.4. The van der Waals surface area contributed by atoms with Gasteiger partial charge in [0.15, 0.2) is 10.8 Å². The average Bonchev–Trinajstić information content (AvgIpc) is 3.19. The van der Waals surface area contributed by atoms with E-state index < -0.39 is 23.0 Å². The summed E-state index contributed by atoms with van der Waals surface area (Å²) in [5.74, 6) is -1.57. The van der Waals surface area contributed by atoms with Gasteiger partial charge in [0.1, 0.15) is 16.5 Å². The summed E-state index contributed by atoms with van der Waals surface area (Å²) in [6.07, 6.45) is 6.90. The minimum atomic E-state index is -0.863. The third kappa shape index (κ3) is 4.27. The Labute approximate surface area is 195 Å². The van der Waals surface area contributed by atoms with E-state index in [0.29, 0.717) is 12.0 Å². The average molecular weight is 488 g/mol. The minimum absolute atomic E-state index is 0.0573. The van der Waals surface area contributed by atoms with Gasteiger partial charge in [-0.3, -0.25) is 9.48 Å². The van der Waals surface area contributed by atoms with E-state index in [1.54, 1.807) is 22.2 Å². The number of carbonyl (C=O) groups is 1. The smallest absolute Gasteiger partial charge is 0.282 e. The fourth-order valence-electron chi connectivity index (χ4n) is 3.43. The van der Waals surface area contributed by atoms with Crippen LogP contribution in [0.1, 0.15) is 51.8 Å². The molecule has 4 aromatic rings. The molecule has 0 aromatic carbocycles. The van der Waals surface area contributed by atoms with E-state index in [0.717, 1.165) is 46.6 Å². The molecule has 4 heterocycles. The van der Waals surface area contributed by atoms with Gasteiger partial charge in [-0.25, -0.2) is 18.7 Å². The van der Waals surface area contributed by atoms with Crippen LogP contribution in [0.4, 0.5) is 8.78 Å². The van der Waals surface area contributed by atoms with Crippen molar-refractivity contribution in [3.8, 4) is 10.7 Å². The van der Waals surface area contributed by atoms with E-state index in [2.05, 4.69) is 31.0 Å². The summed E-state index contributed by atoms with van der Waals surface area (Å²) in [7, 11) is 1.84. The van der Waals surface area contributed by atoms with Gasteiger partial charge in [0.2, 0.25) is 5.01 Å². The molecule has 1 fully saturated rings. The van der Waals surface area contributed by atoms with E-state index >= 15 is 0 Å². The number of pyridine rings is 1. The largest absolute Gasteiger partial charge is 0.349 e. The molecule has 8 nitrogen and oxygen atoms in total. The van der Waals surface area contributed by atoms with Crippen molar-refractivity contribution in [2.24, 2.45) is 7.05 Å². The lowest BCUT2D eigenvalue weighted by atomic mass is 9.85. The van der Waals surface area contributed by atoms with Crippen LogP contribution in [0, 0.1) is 11.6 Å². The van der Waals surface area contributed by atoms with Crippen molar-refractivity contribution in [1.29, 1.82) is 0 Å². The highest BCUT2D eigenvalue weighted by molar-refractivity contribution is 7.16. The predicted molar refractivity (Wildman–Crippen MR) is 119 cm³/mol. The Balaban J connectivity index is 1.37. The SMILES string of the molecule is Cn1cc(C(C)(CNC(=O)c2nnc(-c3ncc(F)cc3F)s2)c2nc(C3CC3)cs2)cn1. The predicted octanol–water partition coefficient (Wildman–Crippen LogP) is 3.68. The topological polar surface area (TPSA) is 98.5 Å². The van der Waals surface area contributed by atoms with Crippen LogP contribution < -0.4 is 5.32 Å². The van der Waals surface area contributed by atoms with E-state index in [1.807, 2.05) is 20.2 Å². The Bertz CT molecular complexity index is 1330. The molecule has 4 aromatic heterocycles. The second kappa shape index (κ2) is 8.34. The highest BCUT2D eigenvalue weighted by Gasteiger charge is 2.36. The third-order valence-corrected chi connectivity index (χ3v) is 7.62. The molecule has 0 aliphatic heterocycles. The summed E-state index contributed by atoms with van der Waals surface area (Å²) >= 11 is 2.46. The second-order valence-electron chi connectivity index (χ2n) is 8.17. The summed E-state index contributed by atoms with van der Waals surface area (Å²) in [6, 6.07) is 0.715. The molecular formula is C21H19F2N7OS2. The Morgan fingerprint density at radius 1 is 1.30 bits per heavy atom. The molecule has 1 unspecified atom stereocenters. The van der Waals surface area contributed by atoms with Gasteiger partial charge in [-0.1, -0.05) is 11.3 Å². The van der Waals surface area contributed by atoms with Gasteiger partial charge in [-0.05, 0) is 19.8 Å². The standard InChI is InChI=1S/C21H19F2N7OS2/c1-21(12-6-26-30(2)8-12,20-27-15(9-32-20)11-3-4-11)10-25-17(31)19-29-28-18(33-19)16-14(23)5-13(22)7-24-16/h5-9,11H,3-4,10H2,1-2H3,(H,25,31). The number of nitrogens with one attached hydrogen (secondary N) is 1. The number of halogens is 2. The van der Waals surface area contributed by atoms with Crippen molar-refractivity contribution in [2.45, 2.75) is 31.1 Å². The van der Waals surface area contributed by atoms with Gasteiger partial charge in [0.25, 0.3) is 5.91 Å². The molecule has 0 radical (unpaired) electrons. The summed E-state index contributed by atoms with van der Waals surface area (Å²) in [5.41, 5.74) is 1.28. The van der Waals surface area contributed by atoms with Crippen LogP contribution >= 0.6 is 22.7 Å². The lowest BCUT2D eigenvalue weighted by Gasteiger charge is -2.26. The maximum atomic E-state index is 14.0. The van der Waals surface area contributed by atoms with Gasteiger partial charge in [-0.2, -0.15) is 5.10 Å². The first-order valence-corrected chi connectivity index (χ1v) is 11.9. The maximum absolute atomic E-state index is 14.0. The van der Waals surface area contributed by atoms with Crippen molar-refractivity contribution >= 4 is 28.6 Å². The molecule has 1 N–H and O–H groups in total. The van der Waals surface area contributed by atoms with Crippen molar-refractivity contribution in [2.75, 3.05) is 6.54 Å². The first kappa shape index (κ1) is 21.7. The molecule has 1 aliphatic carbocycles. The summed E-state index contributed by atoms with van der Waals surface area (Å²) < 4.78 is 28.9. The third-order valence-electron chi connectivity index (χ3n) is 5.56. The summed E-state index contributed by atoms with van der Waals surface area (Å²) in [5, 5.41) is 18.1. The zero-order chi connectivity index (χ0) is 23.2. The van der Waals surface area contributed by atoms with Gasteiger partial charge in [0.05, 0.1) is 23.5 Å². The number of thiazole rings is 1. The molecule has 1 amide bonds. The molecule has 12 heteroatoms. The van der Waals surface area contributed by atoms with Crippen molar-refractivity contribution in [3.63, 3.8) is 0 Å². The van der Waals surface area contributed by atoms with Crippen molar-refractivity contribution in [3.05, 3.63) is 62.9 Å². The number of carbonyl (C=O) groups excluding carboxylic acids is 1. The highest BCUT2D eigenvalue weighted by atomic mass is 32.1. The fourth-order valence-corrected chi connectivity index (χ4v) is 5.27. The van der Waals surface area contributed by atoms with Crippen LogP contribution in [0.25, 0.3) is 10.7 Å². The number of rotatable bonds is 7.